The molecule has 0 radical (unpaired) electrons. The Labute approximate surface area is 239 Å². The van der Waals surface area contributed by atoms with E-state index in [-0.39, 0.29) is 34.3 Å². The van der Waals surface area contributed by atoms with E-state index in [1.54, 1.807) is 31.1 Å². The summed E-state index contributed by atoms with van der Waals surface area (Å²) in [5, 5.41) is 25.7. The minimum Gasteiger partial charge on any atom is -0.496 e. The van der Waals surface area contributed by atoms with Crippen LogP contribution in [0.25, 0.3) is 0 Å². The van der Waals surface area contributed by atoms with Crippen molar-refractivity contribution in [2.24, 2.45) is 11.1 Å². The summed E-state index contributed by atoms with van der Waals surface area (Å²) in [6, 6.07) is 11.2. The summed E-state index contributed by atoms with van der Waals surface area (Å²) in [6.45, 7) is 5.79. The molecule has 1 aliphatic heterocycles. The van der Waals surface area contributed by atoms with Crippen molar-refractivity contribution in [3.05, 3.63) is 64.3 Å². The van der Waals surface area contributed by atoms with Crippen LogP contribution in [0.2, 0.25) is 0 Å². The van der Waals surface area contributed by atoms with Crippen molar-refractivity contribution in [3.8, 4) is 11.8 Å². The van der Waals surface area contributed by atoms with Gasteiger partial charge in [-0.3, -0.25) is 14.5 Å². The van der Waals surface area contributed by atoms with E-state index in [0.717, 1.165) is 0 Å². The van der Waals surface area contributed by atoms with E-state index in [1.165, 1.54) is 23.1 Å². The number of thioether (sulfide) groups is 1. The third kappa shape index (κ3) is 5.20. The highest BCUT2D eigenvalue weighted by Gasteiger charge is 2.46. The van der Waals surface area contributed by atoms with Gasteiger partial charge in [-0.05, 0) is 24.8 Å². The fraction of sp³-hybridized carbons (Fsp3) is 0.333. The maximum atomic E-state index is 13.7. The van der Waals surface area contributed by atoms with Gasteiger partial charge in [0.05, 0.1) is 30.4 Å². The second-order valence-electron chi connectivity index (χ2n) is 10.2. The number of ketones is 1. The van der Waals surface area contributed by atoms with Gasteiger partial charge in [-0.2, -0.15) is 5.26 Å². The Morgan fingerprint density at radius 1 is 1.35 bits per heavy atom. The molecule has 0 bridgehead atoms. The molecule has 40 heavy (non-hydrogen) atoms. The number of hydrogen-bond acceptors (Lipinski definition) is 12. The summed E-state index contributed by atoms with van der Waals surface area (Å²) in [5.74, 6) is 0.770. The highest BCUT2D eigenvalue weighted by atomic mass is 32.2. The molecule has 5 rings (SSSR count). The molecule has 13 heteroatoms. The highest BCUT2D eigenvalue weighted by Crippen LogP contribution is 2.51. The Morgan fingerprint density at radius 3 is 2.83 bits per heavy atom. The Hall–Kier alpha value is -4.15. The topological polar surface area (TPSA) is 160 Å². The lowest BCUT2D eigenvalue weighted by Gasteiger charge is -2.42. The average Bonchev–Trinajstić information content (AvgIpc) is 3.54. The van der Waals surface area contributed by atoms with E-state index in [9.17, 15) is 14.9 Å². The van der Waals surface area contributed by atoms with Crippen molar-refractivity contribution in [3.63, 3.8) is 0 Å². The molecule has 11 nitrogen and oxygen atoms in total. The zero-order chi connectivity index (χ0) is 28.6. The van der Waals surface area contributed by atoms with E-state index in [2.05, 4.69) is 26.7 Å². The smallest absolute Gasteiger partial charge is 0.236 e. The molecule has 1 unspecified atom stereocenters. The molecule has 2 aromatic heterocycles. The molecule has 206 valence electrons. The number of hydrogen-bond donors (Lipinski definition) is 2. The number of benzene rings is 1. The summed E-state index contributed by atoms with van der Waals surface area (Å²) in [7, 11) is 1.56. The van der Waals surface area contributed by atoms with Crippen molar-refractivity contribution in [1.82, 2.24) is 15.4 Å². The summed E-state index contributed by atoms with van der Waals surface area (Å²) >= 11 is 2.43. The Kier molecular flexibility index (Phi) is 7.39. The zero-order valence-electron chi connectivity index (χ0n) is 22.3. The van der Waals surface area contributed by atoms with E-state index in [1.807, 2.05) is 32.0 Å². The second-order valence-corrected chi connectivity index (χ2v) is 12.4. The number of aryl methyl sites for hydroxylation is 1. The predicted octanol–water partition coefficient (Wildman–Crippen LogP) is 4.51. The van der Waals surface area contributed by atoms with Gasteiger partial charge >= 0.3 is 0 Å². The largest absolute Gasteiger partial charge is 0.496 e. The van der Waals surface area contributed by atoms with Crippen LogP contribution in [0.3, 0.4) is 0 Å². The van der Waals surface area contributed by atoms with Gasteiger partial charge in [-0.25, -0.2) is 0 Å². The number of nitrogens with zero attached hydrogens (tertiary/aromatic N) is 5. The van der Waals surface area contributed by atoms with Crippen molar-refractivity contribution in [1.29, 1.82) is 5.26 Å². The number of nitriles is 1. The standard InChI is InChI=1S/C27H27N7O4S2/c1-14-9-20(33-38-14)30-21(36)13-39-26-32-31-25(40-26)34-17-10-27(2,3)11-18(35)23(17)22(16(12-28)24(34)29)15-7-5-6-8-19(15)37-4/h5-9,22H,10-11,13,29H2,1-4H3,(H,30,33,36). The Bertz CT molecular complexity index is 1600. The molecule has 1 aliphatic carbocycles. The molecular formula is C27H27N7O4S2. The van der Waals surface area contributed by atoms with Crippen LogP contribution in [0.4, 0.5) is 10.9 Å². The fourth-order valence-electron chi connectivity index (χ4n) is 5.03. The van der Waals surface area contributed by atoms with Crippen LogP contribution in [0.1, 0.15) is 43.9 Å². The van der Waals surface area contributed by atoms with Crippen molar-refractivity contribution in [2.45, 2.75) is 43.9 Å². The molecule has 2 aliphatic rings. The van der Waals surface area contributed by atoms with Crippen LogP contribution in [-0.4, -0.2) is 39.9 Å². The van der Waals surface area contributed by atoms with Gasteiger partial charge in [0, 0.05) is 29.3 Å². The number of amides is 1. The Balaban J connectivity index is 1.50. The molecule has 3 N–H and O–H groups in total. The van der Waals surface area contributed by atoms with Crippen LogP contribution >= 0.6 is 23.1 Å². The maximum Gasteiger partial charge on any atom is 0.236 e. The molecule has 1 atom stereocenters. The molecule has 0 saturated carbocycles. The number of allylic oxidation sites excluding steroid dienone is 3. The quantitative estimate of drug-likeness (QED) is 0.380. The van der Waals surface area contributed by atoms with E-state index < -0.39 is 5.92 Å². The zero-order valence-corrected chi connectivity index (χ0v) is 24.0. The van der Waals surface area contributed by atoms with Crippen LogP contribution in [0.15, 0.2) is 61.9 Å². The van der Waals surface area contributed by atoms with Crippen molar-refractivity contribution < 1.29 is 18.8 Å². The molecule has 3 aromatic rings. The van der Waals surface area contributed by atoms with Gasteiger partial charge in [-0.1, -0.05) is 60.3 Å². The lowest BCUT2D eigenvalue weighted by atomic mass is 9.68. The third-order valence-corrected chi connectivity index (χ3v) is 8.68. The summed E-state index contributed by atoms with van der Waals surface area (Å²) < 4.78 is 11.1. The lowest BCUT2D eigenvalue weighted by molar-refractivity contribution is -0.118. The van der Waals surface area contributed by atoms with E-state index in [4.69, 9.17) is 15.0 Å². The summed E-state index contributed by atoms with van der Waals surface area (Å²) in [4.78, 5) is 27.8. The fourth-order valence-corrected chi connectivity index (χ4v) is 6.71. The predicted molar refractivity (Wildman–Crippen MR) is 151 cm³/mol. The number of nitrogens with two attached hydrogens (primary N) is 1. The minimum absolute atomic E-state index is 0.0497. The van der Waals surface area contributed by atoms with Crippen molar-refractivity contribution >= 4 is 45.7 Å². The summed E-state index contributed by atoms with van der Waals surface area (Å²) in [5.41, 5.74) is 8.51. The number of methoxy groups -OCH3 is 1. The Morgan fingerprint density at radius 2 is 2.12 bits per heavy atom. The number of carbonyl (C=O) groups excluding carboxylic acids is 2. The third-order valence-electron chi connectivity index (χ3n) is 6.64. The number of ether oxygens (including phenoxy) is 1. The molecule has 0 fully saturated rings. The molecule has 3 heterocycles. The molecule has 0 saturated heterocycles. The summed E-state index contributed by atoms with van der Waals surface area (Å²) in [6.07, 6.45) is 0.877. The van der Waals surface area contributed by atoms with Gasteiger partial charge < -0.3 is 20.3 Å². The number of para-hydroxylation sites is 1. The SMILES string of the molecule is COc1ccccc1C1C(C#N)=C(N)N(c2nnc(SCC(=O)Nc3cc(C)on3)s2)C2=C1C(=O)CC(C)(C)C2. The van der Waals surface area contributed by atoms with Gasteiger partial charge in [0.2, 0.25) is 11.0 Å². The number of nitrogens with one attached hydrogen (secondary N) is 1. The van der Waals surface area contributed by atoms with Crippen LogP contribution in [-0.2, 0) is 9.59 Å². The molecular weight excluding hydrogens is 550 g/mol. The minimum atomic E-state index is -0.665. The van der Waals surface area contributed by atoms with E-state index in [0.29, 0.717) is 56.5 Å². The number of aromatic nitrogens is 3. The number of Topliss-reactive ketones (excluding diaryl/α,β-unsaturated/α-hetero) is 1. The van der Waals surface area contributed by atoms with Gasteiger partial charge in [0.15, 0.2) is 15.9 Å². The van der Waals surface area contributed by atoms with Crippen LogP contribution < -0.4 is 20.7 Å². The first kappa shape index (κ1) is 27.4. The molecule has 1 amide bonds. The lowest BCUT2D eigenvalue weighted by Crippen LogP contribution is -2.42. The van der Waals surface area contributed by atoms with Gasteiger partial charge in [0.25, 0.3) is 0 Å². The number of anilines is 2. The highest BCUT2D eigenvalue weighted by molar-refractivity contribution is 8.01. The number of rotatable bonds is 7. The average molecular weight is 578 g/mol. The van der Waals surface area contributed by atoms with Crippen molar-refractivity contribution in [2.75, 3.05) is 23.1 Å². The van der Waals surface area contributed by atoms with E-state index >= 15 is 0 Å². The first-order valence-corrected chi connectivity index (χ1v) is 14.2. The first-order chi connectivity index (χ1) is 19.1. The molecule has 0 spiro atoms. The monoisotopic (exact) mass is 577 g/mol. The van der Waals surface area contributed by atoms with Crippen LogP contribution in [0.5, 0.6) is 5.75 Å². The van der Waals surface area contributed by atoms with Crippen LogP contribution in [0, 0.1) is 23.7 Å². The van der Waals surface area contributed by atoms with Gasteiger partial charge in [0.1, 0.15) is 17.3 Å². The second kappa shape index (κ2) is 10.8. The maximum absolute atomic E-state index is 13.7. The number of carbonyl (C=O) groups is 2. The van der Waals surface area contributed by atoms with Gasteiger partial charge in [-0.15, -0.1) is 10.2 Å². The first-order valence-electron chi connectivity index (χ1n) is 12.4. The normalized spacial score (nSPS) is 18.4. The molecule has 1 aromatic carbocycles.